The van der Waals surface area contributed by atoms with Crippen molar-refractivity contribution in [2.45, 2.75) is 20.0 Å². The van der Waals surface area contributed by atoms with Crippen LogP contribution in [0.3, 0.4) is 0 Å². The second kappa shape index (κ2) is 5.12. The minimum Gasteiger partial charge on any atom is -0.475 e. The predicted molar refractivity (Wildman–Crippen MR) is 56.1 cm³/mol. The minimum absolute atomic E-state index is 0.0669. The number of ether oxygens (including phenoxy) is 2. The zero-order valence-corrected chi connectivity index (χ0v) is 9.35. The van der Waals surface area contributed by atoms with Crippen molar-refractivity contribution in [2.75, 3.05) is 7.11 Å². The third-order valence-corrected chi connectivity index (χ3v) is 1.68. The molecule has 0 bridgehead atoms. The van der Waals surface area contributed by atoms with Gasteiger partial charge in [-0.2, -0.15) is 5.26 Å². The average molecular weight is 220 g/mol. The number of aromatic nitrogens is 1. The van der Waals surface area contributed by atoms with Crippen LogP contribution in [0.4, 0.5) is 0 Å². The van der Waals surface area contributed by atoms with Crippen LogP contribution in [0.1, 0.15) is 29.9 Å². The number of methoxy groups -OCH3 is 1. The highest BCUT2D eigenvalue weighted by atomic mass is 16.5. The Labute approximate surface area is 93.6 Å². The Morgan fingerprint density at radius 3 is 2.69 bits per heavy atom. The molecule has 5 nitrogen and oxygen atoms in total. The Morgan fingerprint density at radius 1 is 1.50 bits per heavy atom. The molecule has 0 saturated heterocycles. The summed E-state index contributed by atoms with van der Waals surface area (Å²) in [6, 6.07) is 4.77. The monoisotopic (exact) mass is 220 g/mol. The second-order valence-corrected chi connectivity index (χ2v) is 3.35. The number of rotatable bonds is 3. The number of esters is 1. The van der Waals surface area contributed by atoms with Crippen LogP contribution in [0.15, 0.2) is 12.1 Å². The molecule has 0 fully saturated rings. The summed E-state index contributed by atoms with van der Waals surface area (Å²) in [7, 11) is 1.26. The highest BCUT2D eigenvalue weighted by molar-refractivity contribution is 5.87. The summed E-state index contributed by atoms with van der Waals surface area (Å²) in [5, 5.41) is 8.79. The summed E-state index contributed by atoms with van der Waals surface area (Å²) in [5.74, 6) is -0.347. The molecule has 0 aliphatic rings. The molecule has 0 radical (unpaired) electrons. The zero-order chi connectivity index (χ0) is 12.1. The molecule has 1 aromatic heterocycles. The van der Waals surface area contributed by atoms with E-state index in [0.717, 1.165) is 0 Å². The first kappa shape index (κ1) is 12.0. The van der Waals surface area contributed by atoms with E-state index >= 15 is 0 Å². The van der Waals surface area contributed by atoms with E-state index in [0.29, 0.717) is 5.56 Å². The maximum atomic E-state index is 11.3. The lowest BCUT2D eigenvalue weighted by atomic mass is 10.2. The van der Waals surface area contributed by atoms with Gasteiger partial charge in [-0.15, -0.1) is 0 Å². The molecule has 0 atom stereocenters. The summed E-state index contributed by atoms with van der Waals surface area (Å²) < 4.78 is 9.85. The number of nitrogens with zero attached hydrogens (tertiary/aromatic N) is 2. The molecular formula is C11H12N2O3. The molecule has 0 N–H and O–H groups in total. The molecular weight excluding hydrogens is 208 g/mol. The van der Waals surface area contributed by atoms with Crippen molar-refractivity contribution in [2.24, 2.45) is 0 Å². The van der Waals surface area contributed by atoms with Gasteiger partial charge in [-0.1, -0.05) is 0 Å². The molecule has 0 aliphatic carbocycles. The molecule has 1 heterocycles. The van der Waals surface area contributed by atoms with Crippen LogP contribution in [0.5, 0.6) is 5.88 Å². The average Bonchev–Trinajstić information content (AvgIpc) is 2.26. The van der Waals surface area contributed by atoms with Gasteiger partial charge < -0.3 is 9.47 Å². The van der Waals surface area contributed by atoms with Crippen LogP contribution in [-0.4, -0.2) is 24.2 Å². The van der Waals surface area contributed by atoms with Gasteiger partial charge in [0.2, 0.25) is 5.88 Å². The van der Waals surface area contributed by atoms with Gasteiger partial charge in [0, 0.05) is 6.07 Å². The molecule has 0 amide bonds. The van der Waals surface area contributed by atoms with E-state index < -0.39 is 5.97 Å². The highest BCUT2D eigenvalue weighted by Crippen LogP contribution is 2.14. The van der Waals surface area contributed by atoms with Gasteiger partial charge in [0.15, 0.2) is 5.69 Å². The van der Waals surface area contributed by atoms with Crippen LogP contribution in [0.2, 0.25) is 0 Å². The van der Waals surface area contributed by atoms with Gasteiger partial charge in [0.05, 0.1) is 24.8 Å². The van der Waals surface area contributed by atoms with E-state index in [4.69, 9.17) is 10.00 Å². The number of carbonyl (C=O) groups is 1. The maximum Gasteiger partial charge on any atom is 0.356 e. The van der Waals surface area contributed by atoms with Crippen LogP contribution in [0.25, 0.3) is 0 Å². The lowest BCUT2D eigenvalue weighted by molar-refractivity contribution is 0.0592. The van der Waals surface area contributed by atoms with Crippen LogP contribution < -0.4 is 4.74 Å². The zero-order valence-electron chi connectivity index (χ0n) is 9.35. The number of pyridine rings is 1. The molecule has 0 unspecified atom stereocenters. The number of carbonyl (C=O) groups excluding carboxylic acids is 1. The molecule has 1 aromatic rings. The Hall–Kier alpha value is -2.09. The number of nitriles is 1. The van der Waals surface area contributed by atoms with Gasteiger partial charge in [0.25, 0.3) is 0 Å². The molecule has 0 spiro atoms. The van der Waals surface area contributed by atoms with Gasteiger partial charge in [-0.05, 0) is 19.9 Å². The quantitative estimate of drug-likeness (QED) is 0.722. The van der Waals surface area contributed by atoms with Crippen LogP contribution in [-0.2, 0) is 4.74 Å². The standard InChI is InChI=1S/C11H12N2O3/c1-7(2)16-10-5-8(6-12)4-9(13-10)11(14)15-3/h4-5,7H,1-3H3. The summed E-state index contributed by atoms with van der Waals surface area (Å²) in [6.45, 7) is 3.66. The Bertz CT molecular complexity index is 435. The lowest BCUT2D eigenvalue weighted by Gasteiger charge is -2.09. The highest BCUT2D eigenvalue weighted by Gasteiger charge is 2.12. The van der Waals surface area contributed by atoms with Crippen molar-refractivity contribution in [1.82, 2.24) is 4.98 Å². The minimum atomic E-state index is -0.592. The lowest BCUT2D eigenvalue weighted by Crippen LogP contribution is -2.10. The van der Waals surface area contributed by atoms with Crippen molar-refractivity contribution in [3.05, 3.63) is 23.4 Å². The second-order valence-electron chi connectivity index (χ2n) is 3.35. The molecule has 5 heteroatoms. The fourth-order valence-corrected chi connectivity index (χ4v) is 1.08. The SMILES string of the molecule is COC(=O)c1cc(C#N)cc(OC(C)C)n1. The van der Waals surface area contributed by atoms with E-state index in [1.165, 1.54) is 19.2 Å². The molecule has 0 aromatic carbocycles. The van der Waals surface area contributed by atoms with Crippen molar-refractivity contribution in [3.63, 3.8) is 0 Å². The largest absolute Gasteiger partial charge is 0.475 e. The molecule has 1 rings (SSSR count). The van der Waals surface area contributed by atoms with Crippen molar-refractivity contribution < 1.29 is 14.3 Å². The summed E-state index contributed by atoms with van der Waals surface area (Å²) >= 11 is 0. The Morgan fingerprint density at radius 2 is 2.19 bits per heavy atom. The molecule has 0 aliphatic heterocycles. The van der Waals surface area contributed by atoms with Gasteiger partial charge in [-0.25, -0.2) is 9.78 Å². The van der Waals surface area contributed by atoms with Crippen LogP contribution >= 0.6 is 0 Å². The first-order valence-corrected chi connectivity index (χ1v) is 4.74. The van der Waals surface area contributed by atoms with Crippen LogP contribution in [0, 0.1) is 11.3 Å². The first-order chi connectivity index (χ1) is 7.56. The normalized spacial score (nSPS) is 9.69. The first-order valence-electron chi connectivity index (χ1n) is 4.74. The molecule has 84 valence electrons. The topological polar surface area (TPSA) is 72.2 Å². The summed E-state index contributed by atoms with van der Waals surface area (Å²) in [5.41, 5.74) is 0.378. The number of hydrogen-bond donors (Lipinski definition) is 0. The van der Waals surface area contributed by atoms with Crippen molar-refractivity contribution in [1.29, 1.82) is 5.26 Å². The summed E-state index contributed by atoms with van der Waals surface area (Å²) in [4.78, 5) is 15.2. The maximum absolute atomic E-state index is 11.3. The fourth-order valence-electron chi connectivity index (χ4n) is 1.08. The smallest absolute Gasteiger partial charge is 0.356 e. The molecule has 16 heavy (non-hydrogen) atoms. The van der Waals surface area contributed by atoms with Crippen molar-refractivity contribution >= 4 is 5.97 Å². The number of hydrogen-bond acceptors (Lipinski definition) is 5. The third-order valence-electron chi connectivity index (χ3n) is 1.68. The van der Waals surface area contributed by atoms with E-state index in [2.05, 4.69) is 9.72 Å². The Kier molecular flexibility index (Phi) is 3.84. The summed E-state index contributed by atoms with van der Waals surface area (Å²) in [6.07, 6.45) is -0.0769. The van der Waals surface area contributed by atoms with E-state index in [1.807, 2.05) is 19.9 Å². The molecule has 0 saturated carbocycles. The van der Waals surface area contributed by atoms with E-state index in [-0.39, 0.29) is 17.7 Å². The van der Waals surface area contributed by atoms with E-state index in [1.54, 1.807) is 0 Å². The Balaban J connectivity index is 3.11. The predicted octanol–water partition coefficient (Wildman–Crippen LogP) is 1.53. The third kappa shape index (κ3) is 2.95. The van der Waals surface area contributed by atoms with Gasteiger partial charge in [-0.3, -0.25) is 0 Å². The van der Waals surface area contributed by atoms with Gasteiger partial charge >= 0.3 is 5.97 Å². The fraction of sp³-hybridized carbons (Fsp3) is 0.364. The van der Waals surface area contributed by atoms with E-state index in [9.17, 15) is 4.79 Å². The van der Waals surface area contributed by atoms with Gasteiger partial charge in [0.1, 0.15) is 0 Å². The van der Waals surface area contributed by atoms with Crippen molar-refractivity contribution in [3.8, 4) is 11.9 Å².